The van der Waals surface area contributed by atoms with Crippen LogP contribution >= 0.6 is 23.2 Å². The summed E-state index contributed by atoms with van der Waals surface area (Å²) in [6, 6.07) is 25.5. The van der Waals surface area contributed by atoms with Crippen LogP contribution in [-0.4, -0.2) is 48.7 Å². The Hall–Kier alpha value is -4.45. The standard InChI is InChI=1S/C35H34Cl2N4O6S/c36-31-16-9-17-32(37)30(31)23-39(33(22-25-10-3-1-4-11-25)35(43)38-26-12-7-8-13-26)34(42)24-40(27-18-20-28(21-19-27)41(44)45)48(46,47)29-14-5-2-6-15-29/h1-6,9-11,14-21,26,33H,7-8,12-13,22-24H2,(H,38,43)/t33-/m1/s1. The molecule has 2 amide bonds. The zero-order valence-electron chi connectivity index (χ0n) is 25.9. The number of anilines is 1. The van der Waals surface area contributed by atoms with Gasteiger partial charge in [-0.2, -0.15) is 0 Å². The summed E-state index contributed by atoms with van der Waals surface area (Å²) in [4.78, 5) is 40.7. The minimum atomic E-state index is -4.37. The lowest BCUT2D eigenvalue weighted by Crippen LogP contribution is -2.54. The van der Waals surface area contributed by atoms with Gasteiger partial charge < -0.3 is 10.2 Å². The molecular weight excluding hydrogens is 675 g/mol. The molecule has 5 rings (SSSR count). The van der Waals surface area contributed by atoms with Gasteiger partial charge in [-0.1, -0.05) is 90.6 Å². The monoisotopic (exact) mass is 708 g/mol. The predicted octanol–water partition coefficient (Wildman–Crippen LogP) is 6.80. The van der Waals surface area contributed by atoms with Crippen LogP contribution in [-0.2, 0) is 32.6 Å². The zero-order valence-corrected chi connectivity index (χ0v) is 28.2. The van der Waals surface area contributed by atoms with Crippen LogP contribution in [0, 0.1) is 10.1 Å². The van der Waals surface area contributed by atoms with Gasteiger partial charge in [0.15, 0.2) is 0 Å². The van der Waals surface area contributed by atoms with E-state index >= 15 is 0 Å². The molecule has 1 atom stereocenters. The smallest absolute Gasteiger partial charge is 0.269 e. The van der Waals surface area contributed by atoms with Crippen LogP contribution < -0.4 is 9.62 Å². The van der Waals surface area contributed by atoms with E-state index in [1.165, 1.54) is 41.3 Å². The molecule has 48 heavy (non-hydrogen) atoms. The second-order valence-electron chi connectivity index (χ2n) is 11.5. The number of non-ortho nitro benzene ring substituents is 1. The first kappa shape index (κ1) is 34.9. The fourth-order valence-corrected chi connectivity index (χ4v) is 7.72. The van der Waals surface area contributed by atoms with E-state index in [1.54, 1.807) is 36.4 Å². The third-order valence-electron chi connectivity index (χ3n) is 8.32. The van der Waals surface area contributed by atoms with Crippen molar-refractivity contribution in [2.45, 2.75) is 55.6 Å². The summed E-state index contributed by atoms with van der Waals surface area (Å²) in [5.74, 6) is -1.08. The first-order valence-corrected chi connectivity index (χ1v) is 17.6. The van der Waals surface area contributed by atoms with Gasteiger partial charge in [0, 0.05) is 46.7 Å². The van der Waals surface area contributed by atoms with Crippen molar-refractivity contribution in [1.82, 2.24) is 10.2 Å². The number of nitro benzene ring substituents is 1. The Morgan fingerprint density at radius 1 is 0.854 bits per heavy atom. The summed E-state index contributed by atoms with van der Waals surface area (Å²) in [5, 5.41) is 15.0. The lowest BCUT2D eigenvalue weighted by atomic mass is 10.0. The van der Waals surface area contributed by atoms with E-state index < -0.39 is 33.4 Å². The molecule has 1 aliphatic carbocycles. The number of carbonyl (C=O) groups is 2. The van der Waals surface area contributed by atoms with Crippen LogP contribution in [0.5, 0.6) is 0 Å². The molecule has 1 aliphatic rings. The number of nitrogens with one attached hydrogen (secondary N) is 1. The second-order valence-corrected chi connectivity index (χ2v) is 14.2. The lowest BCUT2D eigenvalue weighted by molar-refractivity contribution is -0.384. The molecule has 0 heterocycles. The highest BCUT2D eigenvalue weighted by Crippen LogP contribution is 2.30. The molecule has 0 aromatic heterocycles. The highest BCUT2D eigenvalue weighted by molar-refractivity contribution is 7.92. The molecule has 4 aromatic carbocycles. The van der Waals surface area contributed by atoms with Crippen LogP contribution in [0.15, 0.2) is 108 Å². The predicted molar refractivity (Wildman–Crippen MR) is 185 cm³/mol. The van der Waals surface area contributed by atoms with Crippen LogP contribution in [0.2, 0.25) is 10.0 Å². The molecule has 13 heteroatoms. The molecular formula is C35H34Cl2N4O6S. The first-order chi connectivity index (χ1) is 23.0. The molecule has 0 radical (unpaired) electrons. The summed E-state index contributed by atoms with van der Waals surface area (Å²) in [6.45, 7) is -0.911. The number of hydrogen-bond acceptors (Lipinski definition) is 6. The third-order valence-corrected chi connectivity index (χ3v) is 10.8. The SMILES string of the molecule is O=C(NC1CCCC1)[C@@H](Cc1ccccc1)N(Cc1c(Cl)cccc1Cl)C(=O)CN(c1ccc([N+](=O)[O-])cc1)S(=O)(=O)c1ccccc1. The molecule has 10 nitrogen and oxygen atoms in total. The molecule has 250 valence electrons. The van der Waals surface area contributed by atoms with Crippen molar-refractivity contribution in [3.8, 4) is 0 Å². The maximum atomic E-state index is 14.6. The van der Waals surface area contributed by atoms with Gasteiger partial charge in [0.1, 0.15) is 12.6 Å². The molecule has 0 saturated heterocycles. The van der Waals surface area contributed by atoms with Gasteiger partial charge in [0.05, 0.1) is 15.5 Å². The zero-order chi connectivity index (χ0) is 34.3. The third kappa shape index (κ3) is 8.33. The van der Waals surface area contributed by atoms with Crippen molar-refractivity contribution in [1.29, 1.82) is 0 Å². The topological polar surface area (TPSA) is 130 Å². The Labute approximate surface area is 289 Å². The Morgan fingerprint density at radius 3 is 2.02 bits per heavy atom. The van der Waals surface area contributed by atoms with Crippen LogP contribution in [0.1, 0.15) is 36.8 Å². The minimum absolute atomic E-state index is 0.0311. The van der Waals surface area contributed by atoms with Crippen LogP contribution in [0.4, 0.5) is 11.4 Å². The van der Waals surface area contributed by atoms with Crippen molar-refractivity contribution in [3.63, 3.8) is 0 Å². The van der Waals surface area contributed by atoms with Crippen molar-refractivity contribution in [3.05, 3.63) is 134 Å². The van der Waals surface area contributed by atoms with Gasteiger partial charge in [-0.3, -0.25) is 24.0 Å². The highest BCUT2D eigenvalue weighted by atomic mass is 35.5. The number of rotatable bonds is 13. The Kier molecular flexibility index (Phi) is 11.4. The molecule has 4 aromatic rings. The maximum Gasteiger partial charge on any atom is 0.269 e. The lowest BCUT2D eigenvalue weighted by Gasteiger charge is -2.34. The second kappa shape index (κ2) is 15.6. The number of halogens is 2. The summed E-state index contributed by atoms with van der Waals surface area (Å²) in [6.07, 6.45) is 3.73. The van der Waals surface area contributed by atoms with Gasteiger partial charge in [-0.05, 0) is 54.8 Å². The molecule has 0 spiro atoms. The minimum Gasteiger partial charge on any atom is -0.352 e. The van der Waals surface area contributed by atoms with Crippen molar-refractivity contribution in [2.24, 2.45) is 0 Å². The first-order valence-electron chi connectivity index (χ1n) is 15.4. The summed E-state index contributed by atoms with van der Waals surface area (Å²) in [7, 11) is -4.37. The number of amides is 2. The van der Waals surface area contributed by atoms with Crippen molar-refractivity contribution >= 4 is 56.4 Å². The number of nitrogens with zero attached hydrogens (tertiary/aromatic N) is 3. The number of carbonyl (C=O) groups excluding carboxylic acids is 2. The van der Waals surface area contributed by atoms with Gasteiger partial charge in [-0.25, -0.2) is 8.42 Å². The fourth-order valence-electron chi connectivity index (χ4n) is 5.76. The van der Waals surface area contributed by atoms with E-state index in [9.17, 15) is 28.1 Å². The maximum absolute atomic E-state index is 14.6. The quantitative estimate of drug-likeness (QED) is 0.120. The highest BCUT2D eigenvalue weighted by Gasteiger charge is 2.36. The van der Waals surface area contributed by atoms with E-state index in [0.29, 0.717) is 5.56 Å². The molecule has 1 saturated carbocycles. The fraction of sp³-hybridized carbons (Fsp3) is 0.257. The summed E-state index contributed by atoms with van der Waals surface area (Å²) in [5.41, 5.74) is 0.970. The molecule has 0 bridgehead atoms. The van der Waals surface area contributed by atoms with E-state index in [2.05, 4.69) is 5.32 Å². The van der Waals surface area contributed by atoms with Gasteiger partial charge in [0.25, 0.3) is 15.7 Å². The van der Waals surface area contributed by atoms with E-state index in [0.717, 1.165) is 35.6 Å². The Balaban J connectivity index is 1.59. The average Bonchev–Trinajstić information content (AvgIpc) is 3.60. The summed E-state index contributed by atoms with van der Waals surface area (Å²) >= 11 is 13.1. The Bertz CT molecular complexity index is 1840. The molecule has 1 fully saturated rings. The normalized spacial score (nSPS) is 13.9. The van der Waals surface area contributed by atoms with Crippen LogP contribution in [0.25, 0.3) is 0 Å². The molecule has 1 N–H and O–H groups in total. The number of benzene rings is 4. The summed E-state index contributed by atoms with van der Waals surface area (Å²) < 4.78 is 29.1. The van der Waals surface area contributed by atoms with E-state index in [-0.39, 0.29) is 51.2 Å². The van der Waals surface area contributed by atoms with Gasteiger partial charge in [0.2, 0.25) is 11.8 Å². The number of nitro groups is 1. The largest absolute Gasteiger partial charge is 0.352 e. The van der Waals surface area contributed by atoms with Crippen molar-refractivity contribution < 1.29 is 22.9 Å². The van der Waals surface area contributed by atoms with Crippen LogP contribution in [0.3, 0.4) is 0 Å². The Morgan fingerprint density at radius 2 is 1.44 bits per heavy atom. The van der Waals surface area contributed by atoms with Gasteiger partial charge >= 0.3 is 0 Å². The number of hydrogen-bond donors (Lipinski definition) is 1. The number of sulfonamides is 1. The molecule has 0 unspecified atom stereocenters. The molecule has 0 aliphatic heterocycles. The van der Waals surface area contributed by atoms with E-state index in [1.807, 2.05) is 30.3 Å². The van der Waals surface area contributed by atoms with Crippen molar-refractivity contribution in [2.75, 3.05) is 10.8 Å². The van der Waals surface area contributed by atoms with E-state index in [4.69, 9.17) is 23.2 Å². The average molecular weight is 710 g/mol. The van der Waals surface area contributed by atoms with Gasteiger partial charge in [-0.15, -0.1) is 0 Å².